The van der Waals surface area contributed by atoms with Gasteiger partial charge in [-0.15, -0.1) is 0 Å². The number of fused-ring (bicyclic) bond motifs is 5. The molecule has 1 unspecified atom stereocenters. The molecule has 1 amide bonds. The van der Waals surface area contributed by atoms with Crippen LogP contribution < -0.4 is 5.32 Å². The van der Waals surface area contributed by atoms with Crippen LogP contribution in [0.3, 0.4) is 0 Å². The minimum Gasteiger partial charge on any atom is -0.450 e. The third-order valence-electron chi connectivity index (χ3n) is 11.4. The number of rotatable bonds is 6. The van der Waals surface area contributed by atoms with Crippen LogP contribution >= 0.6 is 0 Å². The van der Waals surface area contributed by atoms with Crippen LogP contribution in [0.15, 0.2) is 0 Å². The molecule has 4 rings (SSSR count). The SMILES string of the molecule is CC[C@H]1[C@@H](O)[C@@H]2C(CC[C@]3(C)[C@@H]([C@H](C)CCOC(=O)NC(C)C)CC[C@@H]23)[C@@]2(C)CC[C@@H](O)C[C@@H]12. The molecule has 0 aromatic rings. The zero-order valence-corrected chi connectivity index (χ0v) is 22.6. The molecular formula is C29H51NO4. The van der Waals surface area contributed by atoms with E-state index >= 15 is 0 Å². The van der Waals surface area contributed by atoms with Gasteiger partial charge in [0.05, 0.1) is 18.8 Å². The van der Waals surface area contributed by atoms with Crippen molar-refractivity contribution in [2.75, 3.05) is 6.61 Å². The maximum atomic E-state index is 11.9. The average molecular weight is 478 g/mol. The van der Waals surface area contributed by atoms with E-state index in [1.807, 2.05) is 13.8 Å². The summed E-state index contributed by atoms with van der Waals surface area (Å²) in [6.45, 7) is 14.0. The van der Waals surface area contributed by atoms with E-state index in [2.05, 4.69) is 33.0 Å². The van der Waals surface area contributed by atoms with Crippen LogP contribution in [-0.2, 0) is 4.74 Å². The van der Waals surface area contributed by atoms with Gasteiger partial charge in [0.2, 0.25) is 0 Å². The third-order valence-corrected chi connectivity index (χ3v) is 11.4. The first kappa shape index (κ1) is 26.3. The van der Waals surface area contributed by atoms with Gasteiger partial charge in [-0.05, 0) is 117 Å². The quantitative estimate of drug-likeness (QED) is 0.453. The highest BCUT2D eigenvalue weighted by atomic mass is 16.5. The molecule has 0 aromatic carbocycles. The number of hydrogen-bond acceptors (Lipinski definition) is 4. The summed E-state index contributed by atoms with van der Waals surface area (Å²) >= 11 is 0. The van der Waals surface area contributed by atoms with Gasteiger partial charge in [-0.2, -0.15) is 0 Å². The summed E-state index contributed by atoms with van der Waals surface area (Å²) in [5.74, 6) is 3.46. The first-order chi connectivity index (χ1) is 16.0. The van der Waals surface area contributed by atoms with E-state index in [1.165, 1.54) is 25.7 Å². The van der Waals surface area contributed by atoms with Crippen LogP contribution in [0.2, 0.25) is 0 Å². The Morgan fingerprint density at radius 1 is 1.00 bits per heavy atom. The lowest BCUT2D eigenvalue weighted by atomic mass is 9.41. The number of aliphatic hydroxyl groups excluding tert-OH is 2. The van der Waals surface area contributed by atoms with E-state index in [9.17, 15) is 15.0 Å². The summed E-state index contributed by atoms with van der Waals surface area (Å²) in [6, 6.07) is 0.0948. The van der Waals surface area contributed by atoms with Crippen LogP contribution in [0.1, 0.15) is 99.3 Å². The van der Waals surface area contributed by atoms with Crippen molar-refractivity contribution in [2.45, 2.75) is 118 Å². The summed E-state index contributed by atoms with van der Waals surface area (Å²) in [7, 11) is 0. The fourth-order valence-electron chi connectivity index (χ4n) is 9.75. The van der Waals surface area contributed by atoms with Crippen LogP contribution in [0.4, 0.5) is 4.79 Å². The van der Waals surface area contributed by atoms with E-state index in [4.69, 9.17) is 4.74 Å². The molecule has 0 bridgehead atoms. The average Bonchev–Trinajstić information content (AvgIpc) is 3.12. The number of ether oxygens (including phenoxy) is 1. The molecule has 3 N–H and O–H groups in total. The van der Waals surface area contributed by atoms with Crippen LogP contribution in [0.5, 0.6) is 0 Å². The van der Waals surface area contributed by atoms with Crippen molar-refractivity contribution in [3.05, 3.63) is 0 Å². The third kappa shape index (κ3) is 4.42. The van der Waals surface area contributed by atoms with Gasteiger partial charge in [-0.3, -0.25) is 0 Å². The molecule has 34 heavy (non-hydrogen) atoms. The summed E-state index contributed by atoms with van der Waals surface area (Å²) in [5, 5.41) is 25.1. The number of nitrogens with one attached hydrogen (secondary N) is 1. The summed E-state index contributed by atoms with van der Waals surface area (Å²) in [5.41, 5.74) is 0.518. The molecule has 0 saturated heterocycles. The first-order valence-electron chi connectivity index (χ1n) is 14.3. The van der Waals surface area contributed by atoms with Gasteiger partial charge in [0, 0.05) is 6.04 Å². The Balaban J connectivity index is 1.48. The normalized spacial score (nSPS) is 46.9. The second-order valence-electron chi connectivity index (χ2n) is 13.3. The number of aliphatic hydroxyl groups is 2. The number of amides is 1. The maximum absolute atomic E-state index is 11.9. The Kier molecular flexibility index (Phi) is 7.66. The molecule has 0 aromatic heterocycles. The highest BCUT2D eigenvalue weighted by molar-refractivity contribution is 5.67. The second-order valence-corrected chi connectivity index (χ2v) is 13.3. The van der Waals surface area contributed by atoms with E-state index in [0.717, 1.165) is 32.1 Å². The second kappa shape index (κ2) is 9.92. The Labute approximate surface area is 207 Å². The van der Waals surface area contributed by atoms with Gasteiger partial charge >= 0.3 is 6.09 Å². The zero-order chi connectivity index (χ0) is 24.8. The molecular weight excluding hydrogens is 426 g/mol. The predicted octanol–water partition coefficient (Wildman–Crippen LogP) is 5.77. The molecule has 0 spiro atoms. The Hall–Kier alpha value is -0.810. The van der Waals surface area contributed by atoms with Gasteiger partial charge in [-0.1, -0.05) is 34.1 Å². The van der Waals surface area contributed by atoms with Crippen molar-refractivity contribution in [1.29, 1.82) is 0 Å². The molecule has 5 heteroatoms. The molecule has 11 atom stereocenters. The topological polar surface area (TPSA) is 78.8 Å². The molecule has 4 fully saturated rings. The summed E-state index contributed by atoms with van der Waals surface area (Å²) < 4.78 is 5.45. The number of carbonyl (C=O) groups excluding carboxylic acids is 1. The fraction of sp³-hybridized carbons (Fsp3) is 0.966. The first-order valence-corrected chi connectivity index (χ1v) is 14.3. The molecule has 196 valence electrons. The van der Waals surface area contributed by atoms with Crippen molar-refractivity contribution in [3.63, 3.8) is 0 Å². The van der Waals surface area contributed by atoms with E-state index in [1.54, 1.807) is 0 Å². The Bertz CT molecular complexity index is 727. The van der Waals surface area contributed by atoms with Crippen molar-refractivity contribution in [2.24, 2.45) is 52.3 Å². The fourth-order valence-corrected chi connectivity index (χ4v) is 9.75. The van der Waals surface area contributed by atoms with Crippen molar-refractivity contribution in [3.8, 4) is 0 Å². The largest absolute Gasteiger partial charge is 0.450 e. The summed E-state index contributed by atoms with van der Waals surface area (Å²) in [6.07, 6.45) is 9.01. The van der Waals surface area contributed by atoms with Crippen LogP contribution in [-0.4, -0.2) is 41.2 Å². The minimum atomic E-state index is -0.311. The molecule has 0 aliphatic heterocycles. The Morgan fingerprint density at radius 3 is 2.35 bits per heavy atom. The molecule has 5 nitrogen and oxygen atoms in total. The van der Waals surface area contributed by atoms with Gasteiger partial charge in [0.25, 0.3) is 0 Å². The van der Waals surface area contributed by atoms with Crippen molar-refractivity contribution in [1.82, 2.24) is 5.32 Å². The van der Waals surface area contributed by atoms with E-state index < -0.39 is 0 Å². The lowest BCUT2D eigenvalue weighted by Crippen LogP contribution is -2.62. The highest BCUT2D eigenvalue weighted by Gasteiger charge is 2.64. The monoisotopic (exact) mass is 477 g/mol. The standard InChI is InChI=1S/C29H51NO4/c1-7-20-24-16-19(31)10-13-29(24,6)23-11-14-28(5)21(8-9-22(28)25(23)26(20)32)18(4)12-15-34-27(33)30-17(2)3/h17-26,31-32H,7-16H2,1-6H3,(H,30,33)/t18-,19-,20-,21-,22+,23?,24+,25+,26-,28-,29-/m1/s1. The van der Waals surface area contributed by atoms with Crippen LogP contribution in [0, 0.1) is 52.3 Å². The predicted molar refractivity (Wildman–Crippen MR) is 135 cm³/mol. The van der Waals surface area contributed by atoms with Crippen molar-refractivity contribution >= 4 is 6.09 Å². The molecule has 4 aliphatic carbocycles. The van der Waals surface area contributed by atoms with Gasteiger partial charge in [-0.25, -0.2) is 4.79 Å². The molecule has 0 heterocycles. The van der Waals surface area contributed by atoms with E-state index in [0.29, 0.717) is 48.0 Å². The highest BCUT2D eigenvalue weighted by Crippen LogP contribution is 2.69. The maximum Gasteiger partial charge on any atom is 0.407 e. The van der Waals surface area contributed by atoms with Gasteiger partial charge in [0.1, 0.15) is 0 Å². The molecule has 4 aliphatic rings. The molecule has 4 saturated carbocycles. The van der Waals surface area contributed by atoms with Gasteiger partial charge < -0.3 is 20.3 Å². The smallest absolute Gasteiger partial charge is 0.407 e. The van der Waals surface area contributed by atoms with Gasteiger partial charge in [0.15, 0.2) is 0 Å². The number of alkyl carbamates (subject to hydrolysis) is 1. The van der Waals surface area contributed by atoms with Crippen molar-refractivity contribution < 1.29 is 19.7 Å². The molecule has 0 radical (unpaired) electrons. The summed E-state index contributed by atoms with van der Waals surface area (Å²) in [4.78, 5) is 11.9. The Morgan fingerprint density at radius 2 is 1.68 bits per heavy atom. The van der Waals surface area contributed by atoms with E-state index in [-0.39, 0.29) is 35.2 Å². The van der Waals surface area contributed by atoms with Crippen LogP contribution in [0.25, 0.3) is 0 Å². The minimum absolute atomic E-state index is 0.0948. The number of carbonyl (C=O) groups is 1. The lowest BCUT2D eigenvalue weighted by Gasteiger charge is -2.64. The number of hydrogen-bond donors (Lipinski definition) is 3. The lowest BCUT2D eigenvalue weighted by molar-refractivity contribution is -0.203. The zero-order valence-electron chi connectivity index (χ0n) is 22.6.